The number of hydrogen-bond donors (Lipinski definition) is 1. The monoisotopic (exact) mass is 277 g/mol. The van der Waals surface area contributed by atoms with Crippen molar-refractivity contribution in [1.29, 1.82) is 0 Å². The Morgan fingerprint density at radius 3 is 2.89 bits per heavy atom. The zero-order chi connectivity index (χ0) is 13.8. The summed E-state index contributed by atoms with van der Waals surface area (Å²) < 4.78 is 1.70. The van der Waals surface area contributed by atoms with Gasteiger partial charge in [-0.05, 0) is 25.5 Å². The number of carbonyl (C=O) groups excluding carboxylic acids is 1. The Bertz CT molecular complexity index is 592. The van der Waals surface area contributed by atoms with E-state index >= 15 is 0 Å². The van der Waals surface area contributed by atoms with Crippen LogP contribution in [0.3, 0.4) is 0 Å². The van der Waals surface area contributed by atoms with Gasteiger partial charge >= 0.3 is 0 Å². The number of benzene rings is 1. The van der Waals surface area contributed by atoms with E-state index in [-0.39, 0.29) is 5.91 Å². The van der Waals surface area contributed by atoms with Gasteiger partial charge in [-0.15, -0.1) is 0 Å². The van der Waals surface area contributed by atoms with E-state index in [4.69, 9.17) is 11.6 Å². The van der Waals surface area contributed by atoms with Crippen LogP contribution >= 0.6 is 11.6 Å². The predicted octanol–water partition coefficient (Wildman–Crippen LogP) is 2.58. The smallest absolute Gasteiger partial charge is 0.251 e. The van der Waals surface area contributed by atoms with Gasteiger partial charge in [0.25, 0.3) is 5.91 Å². The van der Waals surface area contributed by atoms with Crippen LogP contribution in [0.2, 0.25) is 5.02 Å². The molecule has 1 N–H and O–H groups in total. The third-order valence-corrected chi connectivity index (χ3v) is 3.06. The summed E-state index contributed by atoms with van der Waals surface area (Å²) in [5.74, 6) is -0.0561. The van der Waals surface area contributed by atoms with Gasteiger partial charge in [0.1, 0.15) is 0 Å². The van der Waals surface area contributed by atoms with Crippen molar-refractivity contribution < 1.29 is 4.79 Å². The lowest BCUT2D eigenvalue weighted by molar-refractivity contribution is 0.0951. The van der Waals surface area contributed by atoms with Crippen LogP contribution < -0.4 is 5.32 Å². The highest BCUT2D eigenvalue weighted by Crippen LogP contribution is 2.10. The Morgan fingerprint density at radius 2 is 2.21 bits per heavy atom. The van der Waals surface area contributed by atoms with Crippen LogP contribution in [0.25, 0.3) is 0 Å². The Balaban J connectivity index is 1.92. The standard InChI is InChI=1S/C14H16ClN3O/c1-10-3-4-11(2)13(7-10)14(19)16-5-6-18-9-12(15)8-17-18/h3-4,7-9H,5-6H2,1-2H3,(H,16,19). The van der Waals surface area contributed by atoms with Gasteiger partial charge in [-0.25, -0.2) is 0 Å². The molecule has 1 amide bonds. The van der Waals surface area contributed by atoms with E-state index in [1.165, 1.54) is 0 Å². The lowest BCUT2D eigenvalue weighted by Crippen LogP contribution is -2.28. The molecule has 2 aromatic rings. The second kappa shape index (κ2) is 5.89. The summed E-state index contributed by atoms with van der Waals surface area (Å²) in [7, 11) is 0. The predicted molar refractivity (Wildman–Crippen MR) is 75.5 cm³/mol. The third-order valence-electron chi connectivity index (χ3n) is 2.87. The number of carbonyl (C=O) groups is 1. The van der Waals surface area contributed by atoms with Crippen molar-refractivity contribution in [3.05, 3.63) is 52.3 Å². The highest BCUT2D eigenvalue weighted by atomic mass is 35.5. The molecule has 2 rings (SSSR count). The Labute approximate surface area is 117 Å². The minimum atomic E-state index is -0.0561. The molecule has 0 radical (unpaired) electrons. The molecule has 1 aromatic carbocycles. The molecule has 0 atom stereocenters. The second-order valence-electron chi connectivity index (χ2n) is 4.50. The van der Waals surface area contributed by atoms with E-state index < -0.39 is 0 Å². The van der Waals surface area contributed by atoms with Crippen LogP contribution in [0.1, 0.15) is 21.5 Å². The summed E-state index contributed by atoms with van der Waals surface area (Å²) in [6, 6.07) is 5.85. The molecule has 100 valence electrons. The molecular formula is C14H16ClN3O. The van der Waals surface area contributed by atoms with Crippen LogP contribution in [0.4, 0.5) is 0 Å². The fraction of sp³-hybridized carbons (Fsp3) is 0.286. The molecule has 0 saturated heterocycles. The van der Waals surface area contributed by atoms with Crippen molar-refractivity contribution in [1.82, 2.24) is 15.1 Å². The highest BCUT2D eigenvalue weighted by molar-refractivity contribution is 6.30. The van der Waals surface area contributed by atoms with Crippen molar-refractivity contribution in [2.24, 2.45) is 0 Å². The van der Waals surface area contributed by atoms with E-state index in [0.717, 1.165) is 16.7 Å². The van der Waals surface area contributed by atoms with Gasteiger partial charge in [0.2, 0.25) is 0 Å². The zero-order valence-corrected chi connectivity index (χ0v) is 11.7. The average molecular weight is 278 g/mol. The summed E-state index contributed by atoms with van der Waals surface area (Å²) in [5, 5.41) is 7.53. The quantitative estimate of drug-likeness (QED) is 0.934. The number of amides is 1. The molecule has 0 aliphatic carbocycles. The van der Waals surface area contributed by atoms with Gasteiger partial charge in [0.15, 0.2) is 0 Å². The molecule has 4 nitrogen and oxygen atoms in total. The first-order valence-electron chi connectivity index (χ1n) is 6.09. The van der Waals surface area contributed by atoms with Gasteiger partial charge in [-0.3, -0.25) is 9.48 Å². The number of rotatable bonds is 4. The largest absolute Gasteiger partial charge is 0.350 e. The second-order valence-corrected chi connectivity index (χ2v) is 4.93. The van der Waals surface area contributed by atoms with Gasteiger partial charge in [0, 0.05) is 18.3 Å². The summed E-state index contributed by atoms with van der Waals surface area (Å²) in [6.07, 6.45) is 3.31. The molecule has 0 spiro atoms. The molecule has 0 bridgehead atoms. The number of nitrogens with zero attached hydrogens (tertiary/aromatic N) is 2. The Hall–Kier alpha value is -1.81. The molecule has 1 heterocycles. The number of aromatic nitrogens is 2. The van der Waals surface area contributed by atoms with Crippen molar-refractivity contribution in [2.75, 3.05) is 6.54 Å². The molecule has 19 heavy (non-hydrogen) atoms. The summed E-state index contributed by atoms with van der Waals surface area (Å²) in [6.45, 7) is 5.02. The maximum atomic E-state index is 12.0. The summed E-state index contributed by atoms with van der Waals surface area (Å²) in [4.78, 5) is 12.0. The van der Waals surface area contributed by atoms with Gasteiger partial charge < -0.3 is 5.32 Å². The maximum absolute atomic E-state index is 12.0. The first kappa shape index (κ1) is 13.6. The molecule has 0 saturated carbocycles. The minimum Gasteiger partial charge on any atom is -0.350 e. The fourth-order valence-electron chi connectivity index (χ4n) is 1.82. The minimum absolute atomic E-state index is 0.0561. The van der Waals surface area contributed by atoms with E-state index in [1.807, 2.05) is 32.0 Å². The topological polar surface area (TPSA) is 46.9 Å². The van der Waals surface area contributed by atoms with Crippen LogP contribution in [0.15, 0.2) is 30.6 Å². The van der Waals surface area contributed by atoms with Crippen molar-refractivity contribution in [2.45, 2.75) is 20.4 Å². The van der Waals surface area contributed by atoms with Gasteiger partial charge in [0.05, 0.1) is 17.8 Å². The van der Waals surface area contributed by atoms with Gasteiger partial charge in [-0.2, -0.15) is 5.10 Å². The lowest BCUT2D eigenvalue weighted by atomic mass is 10.1. The van der Waals surface area contributed by atoms with E-state index in [0.29, 0.717) is 18.1 Å². The first-order valence-corrected chi connectivity index (χ1v) is 6.47. The Kier molecular flexibility index (Phi) is 4.22. The SMILES string of the molecule is Cc1ccc(C)c(C(=O)NCCn2cc(Cl)cn2)c1. The highest BCUT2D eigenvalue weighted by Gasteiger charge is 2.08. The number of aryl methyl sites for hydroxylation is 2. The molecule has 0 aliphatic heterocycles. The normalized spacial score (nSPS) is 10.5. The third kappa shape index (κ3) is 3.58. The van der Waals surface area contributed by atoms with E-state index in [1.54, 1.807) is 17.1 Å². The maximum Gasteiger partial charge on any atom is 0.251 e. The van der Waals surface area contributed by atoms with E-state index in [2.05, 4.69) is 10.4 Å². The van der Waals surface area contributed by atoms with Crippen LogP contribution in [-0.2, 0) is 6.54 Å². The molecule has 1 aromatic heterocycles. The molecular weight excluding hydrogens is 262 g/mol. The summed E-state index contributed by atoms with van der Waals surface area (Å²) in [5.41, 5.74) is 2.78. The molecule has 5 heteroatoms. The number of nitrogens with one attached hydrogen (secondary N) is 1. The number of halogens is 1. The van der Waals surface area contributed by atoms with Crippen LogP contribution in [0.5, 0.6) is 0 Å². The fourth-order valence-corrected chi connectivity index (χ4v) is 1.98. The van der Waals surface area contributed by atoms with Crippen LogP contribution in [0, 0.1) is 13.8 Å². The average Bonchev–Trinajstić information content (AvgIpc) is 2.78. The molecule has 0 aliphatic rings. The molecule has 0 unspecified atom stereocenters. The number of hydrogen-bond acceptors (Lipinski definition) is 2. The van der Waals surface area contributed by atoms with Crippen LogP contribution in [-0.4, -0.2) is 22.2 Å². The lowest BCUT2D eigenvalue weighted by Gasteiger charge is -2.08. The zero-order valence-electron chi connectivity index (χ0n) is 11.0. The molecule has 0 fully saturated rings. The van der Waals surface area contributed by atoms with Crippen molar-refractivity contribution in [3.63, 3.8) is 0 Å². The summed E-state index contributed by atoms with van der Waals surface area (Å²) >= 11 is 5.77. The van der Waals surface area contributed by atoms with Crippen molar-refractivity contribution in [3.8, 4) is 0 Å². The first-order chi connectivity index (χ1) is 9.06. The van der Waals surface area contributed by atoms with Crippen molar-refractivity contribution >= 4 is 17.5 Å². The Morgan fingerprint density at radius 1 is 1.42 bits per heavy atom. The van der Waals surface area contributed by atoms with Gasteiger partial charge in [-0.1, -0.05) is 29.3 Å². The van der Waals surface area contributed by atoms with E-state index in [9.17, 15) is 4.79 Å².